The van der Waals surface area contributed by atoms with Gasteiger partial charge in [-0.3, -0.25) is 9.59 Å². The van der Waals surface area contributed by atoms with Crippen LogP contribution in [-0.4, -0.2) is 41.8 Å². The van der Waals surface area contributed by atoms with E-state index in [9.17, 15) is 22.8 Å². The summed E-state index contributed by atoms with van der Waals surface area (Å²) in [5.74, 6) is 0.278. The number of carbonyl (C=O) groups excluding carboxylic acids is 2. The van der Waals surface area contributed by atoms with E-state index in [1.54, 1.807) is 11.9 Å². The normalized spacial score (nSPS) is 18.7. The first-order valence-electron chi connectivity index (χ1n) is 8.95. The molecule has 0 bridgehead atoms. The molecule has 4 nitrogen and oxygen atoms in total. The summed E-state index contributed by atoms with van der Waals surface area (Å²) >= 11 is 0. The van der Waals surface area contributed by atoms with Crippen LogP contribution in [0.2, 0.25) is 0 Å². The Labute approximate surface area is 151 Å². The molecule has 0 atom stereocenters. The predicted octanol–water partition coefficient (Wildman–Crippen LogP) is 3.31. The molecule has 0 aromatic heterocycles. The van der Waals surface area contributed by atoms with Crippen molar-refractivity contribution in [3.8, 4) is 0 Å². The van der Waals surface area contributed by atoms with E-state index < -0.39 is 11.7 Å². The highest BCUT2D eigenvalue weighted by molar-refractivity contribution is 5.82. The molecular formula is C19H23F3N2O2. The Kier molecular flexibility index (Phi) is 5.25. The highest BCUT2D eigenvalue weighted by Gasteiger charge is 2.36. The van der Waals surface area contributed by atoms with Crippen LogP contribution in [0.1, 0.15) is 36.8 Å². The van der Waals surface area contributed by atoms with Gasteiger partial charge in [-0.05, 0) is 43.4 Å². The number of alkyl halides is 3. The summed E-state index contributed by atoms with van der Waals surface area (Å²) in [4.78, 5) is 28.1. The second-order valence-corrected chi connectivity index (χ2v) is 7.26. The van der Waals surface area contributed by atoms with Gasteiger partial charge in [0.2, 0.25) is 11.8 Å². The number of nitrogens with zero attached hydrogens (tertiary/aromatic N) is 2. The molecule has 0 spiro atoms. The van der Waals surface area contributed by atoms with Gasteiger partial charge in [0.15, 0.2) is 0 Å². The Bertz CT molecular complexity index is 660. The number of hydrogen-bond acceptors (Lipinski definition) is 2. The summed E-state index contributed by atoms with van der Waals surface area (Å²) in [6, 6.07) is 4.89. The highest BCUT2D eigenvalue weighted by atomic mass is 19.4. The van der Waals surface area contributed by atoms with Gasteiger partial charge in [0, 0.05) is 38.5 Å². The maximum Gasteiger partial charge on any atom is 0.416 e. The van der Waals surface area contributed by atoms with Gasteiger partial charge in [0.05, 0.1) is 5.56 Å². The lowest BCUT2D eigenvalue weighted by molar-refractivity contribution is -0.140. The second kappa shape index (κ2) is 7.29. The Balaban J connectivity index is 1.51. The maximum atomic E-state index is 12.6. The number of benzene rings is 1. The Hall–Kier alpha value is -2.05. The third-order valence-corrected chi connectivity index (χ3v) is 5.16. The summed E-state index contributed by atoms with van der Waals surface area (Å²) in [5.41, 5.74) is -0.0295. The summed E-state index contributed by atoms with van der Waals surface area (Å²) in [7, 11) is 1.67. The van der Waals surface area contributed by atoms with E-state index in [2.05, 4.69) is 0 Å². The van der Waals surface area contributed by atoms with Crippen LogP contribution in [0.3, 0.4) is 0 Å². The predicted molar refractivity (Wildman–Crippen MR) is 89.9 cm³/mol. The molecule has 2 fully saturated rings. The van der Waals surface area contributed by atoms with Crippen molar-refractivity contribution in [2.45, 2.75) is 38.4 Å². The van der Waals surface area contributed by atoms with Gasteiger partial charge in [-0.25, -0.2) is 0 Å². The summed E-state index contributed by atoms with van der Waals surface area (Å²) in [6.07, 6.45) is -1.10. The van der Waals surface area contributed by atoms with Crippen molar-refractivity contribution < 1.29 is 22.8 Å². The summed E-state index contributed by atoms with van der Waals surface area (Å²) in [6.45, 7) is 1.50. The van der Waals surface area contributed by atoms with E-state index in [4.69, 9.17) is 0 Å². The molecule has 1 aliphatic heterocycles. The molecule has 1 aromatic carbocycles. The van der Waals surface area contributed by atoms with Crippen LogP contribution in [-0.2, 0) is 22.3 Å². The van der Waals surface area contributed by atoms with Gasteiger partial charge in [-0.1, -0.05) is 12.1 Å². The molecule has 26 heavy (non-hydrogen) atoms. The van der Waals surface area contributed by atoms with Crippen molar-refractivity contribution in [1.29, 1.82) is 0 Å². The molecule has 142 valence electrons. The molecule has 1 aromatic rings. The van der Waals surface area contributed by atoms with Crippen LogP contribution in [0.4, 0.5) is 13.2 Å². The number of hydrogen-bond donors (Lipinski definition) is 0. The molecule has 0 unspecified atom stereocenters. The smallest absolute Gasteiger partial charge is 0.342 e. The monoisotopic (exact) mass is 368 g/mol. The fraction of sp³-hybridized carbons (Fsp3) is 0.579. The van der Waals surface area contributed by atoms with E-state index in [0.29, 0.717) is 31.5 Å². The van der Waals surface area contributed by atoms with Crippen LogP contribution in [0, 0.1) is 11.8 Å². The number of likely N-dealkylation sites (tertiary alicyclic amines) is 1. The molecule has 2 amide bonds. The van der Waals surface area contributed by atoms with E-state index in [-0.39, 0.29) is 30.2 Å². The van der Waals surface area contributed by atoms with Crippen LogP contribution >= 0.6 is 0 Å². The van der Waals surface area contributed by atoms with Crippen LogP contribution in [0.5, 0.6) is 0 Å². The van der Waals surface area contributed by atoms with Crippen molar-refractivity contribution in [2.24, 2.45) is 11.8 Å². The average Bonchev–Trinajstić information content (AvgIpc) is 3.45. The van der Waals surface area contributed by atoms with Crippen molar-refractivity contribution >= 4 is 11.8 Å². The average molecular weight is 368 g/mol. The topological polar surface area (TPSA) is 40.6 Å². The van der Waals surface area contributed by atoms with Gasteiger partial charge in [0.1, 0.15) is 0 Å². The number of rotatable bonds is 4. The minimum Gasteiger partial charge on any atom is -0.342 e. The second-order valence-electron chi connectivity index (χ2n) is 7.26. The molecule has 0 N–H and O–H groups in total. The standard InChI is InChI=1S/C19H23F3N2O2/c1-23(12-13-2-6-16(7-3-13)19(20,21)22)17(25)15-8-10-24(11-9-15)18(26)14-4-5-14/h2-3,6-7,14-15H,4-5,8-12H2,1H3. The third-order valence-electron chi connectivity index (χ3n) is 5.16. The van der Waals surface area contributed by atoms with E-state index in [1.807, 2.05) is 4.90 Å². The van der Waals surface area contributed by atoms with E-state index in [0.717, 1.165) is 25.0 Å². The molecule has 0 radical (unpaired) electrons. The minimum absolute atomic E-state index is 0.0107. The summed E-state index contributed by atoms with van der Waals surface area (Å²) < 4.78 is 37.8. The Morgan fingerprint density at radius 1 is 1.04 bits per heavy atom. The molecule has 7 heteroatoms. The molecule has 1 aliphatic carbocycles. The van der Waals surface area contributed by atoms with Crippen LogP contribution in [0.15, 0.2) is 24.3 Å². The van der Waals surface area contributed by atoms with Crippen molar-refractivity contribution in [2.75, 3.05) is 20.1 Å². The van der Waals surface area contributed by atoms with Crippen molar-refractivity contribution in [3.63, 3.8) is 0 Å². The largest absolute Gasteiger partial charge is 0.416 e. The zero-order chi connectivity index (χ0) is 18.9. The number of halogens is 3. The van der Waals surface area contributed by atoms with Crippen molar-refractivity contribution in [1.82, 2.24) is 9.80 Å². The van der Waals surface area contributed by atoms with Crippen molar-refractivity contribution in [3.05, 3.63) is 35.4 Å². The van der Waals surface area contributed by atoms with Crippen LogP contribution in [0.25, 0.3) is 0 Å². The highest BCUT2D eigenvalue weighted by Crippen LogP contribution is 2.33. The molecule has 1 heterocycles. The lowest BCUT2D eigenvalue weighted by Crippen LogP contribution is -2.43. The fourth-order valence-electron chi connectivity index (χ4n) is 3.40. The molecule has 3 rings (SSSR count). The number of piperidine rings is 1. The lowest BCUT2D eigenvalue weighted by Gasteiger charge is -2.33. The molecule has 2 aliphatic rings. The SMILES string of the molecule is CN(Cc1ccc(C(F)(F)F)cc1)C(=O)C1CCN(C(=O)C2CC2)CC1. The van der Waals surface area contributed by atoms with Gasteiger partial charge in [-0.2, -0.15) is 13.2 Å². The first-order chi connectivity index (χ1) is 12.3. The third kappa shape index (κ3) is 4.37. The Morgan fingerprint density at radius 3 is 2.12 bits per heavy atom. The zero-order valence-corrected chi connectivity index (χ0v) is 14.8. The first kappa shape index (κ1) is 18.7. The minimum atomic E-state index is -4.36. The van der Waals surface area contributed by atoms with Crippen LogP contribution < -0.4 is 0 Å². The van der Waals surface area contributed by atoms with Gasteiger partial charge in [0.25, 0.3) is 0 Å². The van der Waals surface area contributed by atoms with Gasteiger partial charge < -0.3 is 9.80 Å². The molecule has 1 saturated carbocycles. The van der Waals surface area contributed by atoms with Gasteiger partial charge >= 0.3 is 6.18 Å². The number of amides is 2. The molecular weight excluding hydrogens is 345 g/mol. The Morgan fingerprint density at radius 2 is 1.62 bits per heavy atom. The quantitative estimate of drug-likeness (QED) is 0.818. The maximum absolute atomic E-state index is 12.6. The fourth-order valence-corrected chi connectivity index (χ4v) is 3.40. The molecule has 1 saturated heterocycles. The zero-order valence-electron chi connectivity index (χ0n) is 14.8. The first-order valence-corrected chi connectivity index (χ1v) is 8.95. The summed E-state index contributed by atoms with van der Waals surface area (Å²) in [5, 5.41) is 0. The lowest BCUT2D eigenvalue weighted by atomic mass is 9.95. The van der Waals surface area contributed by atoms with E-state index >= 15 is 0 Å². The van der Waals surface area contributed by atoms with Gasteiger partial charge in [-0.15, -0.1) is 0 Å². The van der Waals surface area contributed by atoms with E-state index in [1.165, 1.54) is 12.1 Å². The number of carbonyl (C=O) groups is 2.